The van der Waals surface area contributed by atoms with Gasteiger partial charge in [0.05, 0.1) is 5.60 Å². The van der Waals surface area contributed by atoms with Crippen LogP contribution >= 0.6 is 0 Å². The average molecular weight is 196 g/mol. The average Bonchev–Trinajstić information content (AvgIpc) is 2.14. The summed E-state index contributed by atoms with van der Waals surface area (Å²) in [6.45, 7) is 3.68. The number of carbonyl (C=O) groups is 1. The van der Waals surface area contributed by atoms with Crippen molar-refractivity contribution >= 4 is 6.29 Å². The van der Waals surface area contributed by atoms with Crippen LogP contribution in [0.25, 0.3) is 0 Å². The van der Waals surface area contributed by atoms with Crippen LogP contribution in [0.3, 0.4) is 0 Å². The van der Waals surface area contributed by atoms with Gasteiger partial charge in [-0.25, -0.2) is 0 Å². The molecule has 0 saturated heterocycles. The minimum absolute atomic E-state index is 0.237. The highest BCUT2D eigenvalue weighted by Crippen LogP contribution is 2.26. The molecule has 0 bridgehead atoms. The Morgan fingerprint density at radius 3 is 2.79 bits per heavy atom. The second kappa shape index (κ2) is 4.74. The van der Waals surface area contributed by atoms with Gasteiger partial charge in [-0.15, -0.1) is 0 Å². The number of carbonyl (C=O) groups excluding carboxylic acids is 1. The molecule has 0 saturated carbocycles. The second-order valence-electron chi connectivity index (χ2n) is 4.85. The van der Waals surface area contributed by atoms with Crippen LogP contribution in [0.1, 0.15) is 46.0 Å². The van der Waals surface area contributed by atoms with Gasteiger partial charge in [0.1, 0.15) is 6.29 Å². The van der Waals surface area contributed by atoms with E-state index in [2.05, 4.69) is 6.08 Å². The Hall–Kier alpha value is -0.630. The Kier molecular flexibility index (Phi) is 3.87. The fraction of sp³-hybridized carbons (Fsp3) is 0.750. The summed E-state index contributed by atoms with van der Waals surface area (Å²) in [5.41, 5.74) is 0.841. The highest BCUT2D eigenvalue weighted by molar-refractivity contribution is 5.54. The molecule has 2 heteroatoms. The molecule has 0 heterocycles. The summed E-state index contributed by atoms with van der Waals surface area (Å²) < 4.78 is 0. The van der Waals surface area contributed by atoms with Crippen LogP contribution in [0.4, 0.5) is 0 Å². The molecule has 0 aromatic carbocycles. The molecule has 0 radical (unpaired) electrons. The highest BCUT2D eigenvalue weighted by Gasteiger charge is 2.16. The smallest absolute Gasteiger partial charge is 0.123 e. The van der Waals surface area contributed by atoms with Crippen molar-refractivity contribution in [2.24, 2.45) is 5.92 Å². The predicted molar refractivity (Wildman–Crippen MR) is 57.0 cm³/mol. The molecule has 2 nitrogen and oxygen atoms in total. The molecule has 1 N–H and O–H groups in total. The fourth-order valence-electron chi connectivity index (χ4n) is 1.73. The van der Waals surface area contributed by atoms with Crippen LogP contribution in [0.15, 0.2) is 11.6 Å². The van der Waals surface area contributed by atoms with Crippen LogP contribution in [0, 0.1) is 5.92 Å². The van der Waals surface area contributed by atoms with Crippen molar-refractivity contribution in [3.05, 3.63) is 11.6 Å². The largest absolute Gasteiger partial charge is 0.390 e. The second-order valence-corrected chi connectivity index (χ2v) is 4.85. The first-order valence-corrected chi connectivity index (χ1v) is 5.37. The molecular weight excluding hydrogens is 176 g/mol. The lowest BCUT2D eigenvalue weighted by molar-refractivity contribution is -0.111. The van der Waals surface area contributed by atoms with E-state index in [1.165, 1.54) is 5.57 Å². The third kappa shape index (κ3) is 4.05. The van der Waals surface area contributed by atoms with Gasteiger partial charge in [-0.1, -0.05) is 11.6 Å². The van der Waals surface area contributed by atoms with E-state index in [4.69, 9.17) is 0 Å². The maximum absolute atomic E-state index is 10.5. The number of allylic oxidation sites excluding steroid dienone is 2. The van der Waals surface area contributed by atoms with Gasteiger partial charge in [0.2, 0.25) is 0 Å². The molecule has 0 aromatic rings. The van der Waals surface area contributed by atoms with E-state index < -0.39 is 5.60 Å². The first-order valence-electron chi connectivity index (χ1n) is 5.37. The van der Waals surface area contributed by atoms with Crippen LogP contribution in [-0.2, 0) is 4.79 Å². The molecule has 1 aliphatic rings. The van der Waals surface area contributed by atoms with E-state index in [-0.39, 0.29) is 5.92 Å². The molecule has 0 fully saturated rings. The van der Waals surface area contributed by atoms with Crippen molar-refractivity contribution in [1.82, 2.24) is 0 Å². The number of aliphatic hydroxyl groups is 1. The van der Waals surface area contributed by atoms with Gasteiger partial charge < -0.3 is 9.90 Å². The Balaban J connectivity index is 2.34. The molecule has 1 rings (SSSR count). The summed E-state index contributed by atoms with van der Waals surface area (Å²) in [5, 5.41) is 9.56. The topological polar surface area (TPSA) is 37.3 Å². The summed E-state index contributed by atoms with van der Waals surface area (Å²) in [4.78, 5) is 10.5. The number of hydrogen-bond acceptors (Lipinski definition) is 2. The standard InChI is InChI=1S/C12H20O2/c1-12(2,14)8-7-10-3-5-11(9-13)6-4-10/h3,9,11,14H,4-8H2,1-2H3. The molecule has 14 heavy (non-hydrogen) atoms. The van der Waals surface area contributed by atoms with Gasteiger partial charge in [-0.3, -0.25) is 0 Å². The van der Waals surface area contributed by atoms with E-state index >= 15 is 0 Å². The maximum atomic E-state index is 10.5. The lowest BCUT2D eigenvalue weighted by atomic mass is 9.87. The zero-order valence-corrected chi connectivity index (χ0v) is 9.12. The monoisotopic (exact) mass is 196 g/mol. The molecule has 0 aromatic heterocycles. The fourth-order valence-corrected chi connectivity index (χ4v) is 1.73. The summed E-state index contributed by atoms with van der Waals surface area (Å²) >= 11 is 0. The summed E-state index contributed by atoms with van der Waals surface area (Å²) in [5.74, 6) is 0.237. The summed E-state index contributed by atoms with van der Waals surface area (Å²) in [6, 6.07) is 0. The van der Waals surface area contributed by atoms with Crippen LogP contribution in [0.2, 0.25) is 0 Å². The highest BCUT2D eigenvalue weighted by atomic mass is 16.3. The molecule has 80 valence electrons. The van der Waals surface area contributed by atoms with Gasteiger partial charge in [0, 0.05) is 5.92 Å². The summed E-state index contributed by atoms with van der Waals surface area (Å²) in [7, 11) is 0. The minimum Gasteiger partial charge on any atom is -0.390 e. The normalized spacial score (nSPS) is 23.1. The van der Waals surface area contributed by atoms with Crippen molar-refractivity contribution in [2.75, 3.05) is 0 Å². The zero-order chi connectivity index (χ0) is 10.6. The summed E-state index contributed by atoms with van der Waals surface area (Å²) in [6.07, 6.45) is 7.92. The van der Waals surface area contributed by atoms with E-state index in [1.54, 1.807) is 0 Å². The first-order chi connectivity index (χ1) is 6.51. The van der Waals surface area contributed by atoms with E-state index in [1.807, 2.05) is 13.8 Å². The predicted octanol–water partition coefficient (Wildman–Crippen LogP) is 2.46. The van der Waals surface area contributed by atoms with Gasteiger partial charge in [0.15, 0.2) is 0 Å². The Labute approximate surface area is 86.0 Å². The molecular formula is C12H20O2. The van der Waals surface area contributed by atoms with Gasteiger partial charge in [0.25, 0.3) is 0 Å². The van der Waals surface area contributed by atoms with Gasteiger partial charge in [-0.2, -0.15) is 0 Å². The van der Waals surface area contributed by atoms with Crippen molar-refractivity contribution < 1.29 is 9.90 Å². The van der Waals surface area contributed by atoms with Crippen molar-refractivity contribution in [2.45, 2.75) is 51.6 Å². The first kappa shape index (κ1) is 11.4. The number of hydrogen-bond donors (Lipinski definition) is 1. The van der Waals surface area contributed by atoms with Crippen LogP contribution in [0.5, 0.6) is 0 Å². The molecule has 1 unspecified atom stereocenters. The van der Waals surface area contributed by atoms with Crippen LogP contribution < -0.4 is 0 Å². The molecule has 0 amide bonds. The molecule has 0 spiro atoms. The molecule has 0 aliphatic heterocycles. The van der Waals surface area contributed by atoms with Gasteiger partial charge >= 0.3 is 0 Å². The molecule has 1 atom stereocenters. The minimum atomic E-state index is -0.567. The van der Waals surface area contributed by atoms with Gasteiger partial charge in [-0.05, 0) is 46.0 Å². The third-order valence-electron chi connectivity index (χ3n) is 2.80. The lowest BCUT2D eigenvalue weighted by Crippen LogP contribution is -2.18. The van der Waals surface area contributed by atoms with Crippen LogP contribution in [-0.4, -0.2) is 17.0 Å². The van der Waals surface area contributed by atoms with Crippen molar-refractivity contribution in [3.63, 3.8) is 0 Å². The van der Waals surface area contributed by atoms with E-state index in [9.17, 15) is 9.90 Å². The van der Waals surface area contributed by atoms with E-state index in [0.717, 1.165) is 38.4 Å². The molecule has 1 aliphatic carbocycles. The zero-order valence-electron chi connectivity index (χ0n) is 9.12. The quantitative estimate of drug-likeness (QED) is 0.554. The van der Waals surface area contributed by atoms with Crippen molar-refractivity contribution in [3.8, 4) is 0 Å². The third-order valence-corrected chi connectivity index (χ3v) is 2.80. The Morgan fingerprint density at radius 2 is 2.36 bits per heavy atom. The SMILES string of the molecule is CC(C)(O)CCC1=CCC(C=O)CC1. The Bertz CT molecular complexity index is 223. The van der Waals surface area contributed by atoms with Crippen molar-refractivity contribution in [1.29, 1.82) is 0 Å². The Morgan fingerprint density at radius 1 is 1.64 bits per heavy atom. The number of aldehydes is 1. The maximum Gasteiger partial charge on any atom is 0.123 e. The van der Waals surface area contributed by atoms with E-state index in [0.29, 0.717) is 0 Å². The lowest BCUT2D eigenvalue weighted by Gasteiger charge is -2.21. The number of rotatable bonds is 4.